The van der Waals surface area contributed by atoms with Crippen LogP contribution in [-0.2, 0) is 11.2 Å². The van der Waals surface area contributed by atoms with Crippen LogP contribution in [0.15, 0.2) is 53.8 Å². The number of hydrogen-bond acceptors (Lipinski definition) is 2. The Labute approximate surface area is 99.4 Å². The predicted molar refractivity (Wildman–Crippen MR) is 66.7 cm³/mol. The summed E-state index contributed by atoms with van der Waals surface area (Å²) in [5.41, 5.74) is 4.30. The Morgan fingerprint density at radius 1 is 1.24 bits per heavy atom. The number of amides is 1. The molecule has 1 amide bonds. The average Bonchev–Trinajstić information content (AvgIpc) is 2.83. The lowest BCUT2D eigenvalue weighted by Crippen LogP contribution is -2.19. The molecule has 0 aliphatic heterocycles. The van der Waals surface area contributed by atoms with Gasteiger partial charge in [-0.15, -0.1) is 0 Å². The molecule has 2 rings (SSSR count). The zero-order valence-corrected chi connectivity index (χ0v) is 9.26. The number of nitrogens with one attached hydrogen (secondary N) is 2. The van der Waals surface area contributed by atoms with Crippen molar-refractivity contribution in [2.24, 2.45) is 5.10 Å². The summed E-state index contributed by atoms with van der Waals surface area (Å²) in [6.07, 6.45) is 3.71. The summed E-state index contributed by atoms with van der Waals surface area (Å²) in [5, 5.41) is 3.85. The van der Waals surface area contributed by atoms with Gasteiger partial charge < -0.3 is 4.98 Å². The van der Waals surface area contributed by atoms with Gasteiger partial charge in [-0.2, -0.15) is 5.10 Å². The van der Waals surface area contributed by atoms with Gasteiger partial charge in [0, 0.05) is 6.20 Å². The number of carbonyl (C=O) groups is 1. The Morgan fingerprint density at radius 3 is 2.76 bits per heavy atom. The van der Waals surface area contributed by atoms with Crippen molar-refractivity contribution in [1.82, 2.24) is 10.4 Å². The lowest BCUT2D eigenvalue weighted by molar-refractivity contribution is -0.120. The smallest absolute Gasteiger partial charge is 0.244 e. The highest BCUT2D eigenvalue weighted by atomic mass is 16.2. The van der Waals surface area contributed by atoms with Gasteiger partial charge in [0.25, 0.3) is 0 Å². The minimum absolute atomic E-state index is 0.126. The second kappa shape index (κ2) is 5.65. The van der Waals surface area contributed by atoms with E-state index in [1.165, 1.54) is 0 Å². The molecule has 2 N–H and O–H groups in total. The van der Waals surface area contributed by atoms with Crippen molar-refractivity contribution in [3.8, 4) is 0 Å². The van der Waals surface area contributed by atoms with Crippen molar-refractivity contribution in [3.05, 3.63) is 59.9 Å². The molecule has 0 saturated carbocycles. The molecule has 0 atom stereocenters. The molecule has 17 heavy (non-hydrogen) atoms. The van der Waals surface area contributed by atoms with E-state index in [9.17, 15) is 4.79 Å². The third-order valence-electron chi connectivity index (χ3n) is 2.22. The van der Waals surface area contributed by atoms with Crippen LogP contribution in [0.4, 0.5) is 0 Å². The number of benzene rings is 1. The molecule has 1 aromatic carbocycles. The molecule has 4 nitrogen and oxygen atoms in total. The molecule has 0 aliphatic rings. The van der Waals surface area contributed by atoms with Gasteiger partial charge in [0.2, 0.25) is 5.91 Å². The first kappa shape index (κ1) is 11.1. The van der Waals surface area contributed by atoms with Crippen molar-refractivity contribution >= 4 is 12.1 Å². The van der Waals surface area contributed by atoms with Crippen molar-refractivity contribution in [3.63, 3.8) is 0 Å². The third kappa shape index (κ3) is 3.61. The fourth-order valence-corrected chi connectivity index (χ4v) is 1.42. The van der Waals surface area contributed by atoms with Crippen molar-refractivity contribution in [2.75, 3.05) is 0 Å². The van der Waals surface area contributed by atoms with Gasteiger partial charge in [-0.05, 0) is 17.7 Å². The van der Waals surface area contributed by atoms with Gasteiger partial charge in [0.1, 0.15) is 0 Å². The summed E-state index contributed by atoms with van der Waals surface area (Å²) in [7, 11) is 0. The first-order valence-electron chi connectivity index (χ1n) is 5.34. The molecule has 0 fully saturated rings. The van der Waals surface area contributed by atoms with E-state index in [1.807, 2.05) is 42.5 Å². The van der Waals surface area contributed by atoms with E-state index >= 15 is 0 Å². The minimum atomic E-state index is -0.126. The molecule has 0 spiro atoms. The highest BCUT2D eigenvalue weighted by molar-refractivity contribution is 5.82. The fraction of sp³-hybridized carbons (Fsp3) is 0.0769. The Balaban J connectivity index is 1.82. The monoisotopic (exact) mass is 227 g/mol. The number of aromatic nitrogens is 1. The van der Waals surface area contributed by atoms with E-state index in [0.29, 0.717) is 6.42 Å². The molecule has 0 bridgehead atoms. The molecule has 4 heteroatoms. The van der Waals surface area contributed by atoms with Crippen LogP contribution in [0, 0.1) is 0 Å². The first-order chi connectivity index (χ1) is 8.34. The van der Waals surface area contributed by atoms with E-state index in [-0.39, 0.29) is 5.91 Å². The predicted octanol–water partition coefficient (Wildman–Crippen LogP) is 1.71. The Morgan fingerprint density at radius 2 is 2.06 bits per heavy atom. The zero-order valence-electron chi connectivity index (χ0n) is 9.26. The van der Waals surface area contributed by atoms with E-state index in [2.05, 4.69) is 15.5 Å². The molecule has 0 aliphatic carbocycles. The van der Waals surface area contributed by atoms with E-state index in [4.69, 9.17) is 0 Å². The Kier molecular flexibility index (Phi) is 3.70. The van der Waals surface area contributed by atoms with Crippen LogP contribution in [0.5, 0.6) is 0 Å². The van der Waals surface area contributed by atoms with E-state index in [1.54, 1.807) is 12.4 Å². The molecule has 86 valence electrons. The molecular formula is C13H13N3O. The number of hydrazone groups is 1. The number of nitrogens with zero attached hydrogens (tertiary/aromatic N) is 1. The average molecular weight is 227 g/mol. The van der Waals surface area contributed by atoms with E-state index < -0.39 is 0 Å². The number of aromatic amines is 1. The molecule has 2 aromatic rings. The van der Waals surface area contributed by atoms with Crippen molar-refractivity contribution < 1.29 is 4.79 Å². The second-order valence-electron chi connectivity index (χ2n) is 3.58. The van der Waals surface area contributed by atoms with Gasteiger partial charge >= 0.3 is 0 Å². The standard InChI is InChI=1S/C13H13N3O/c17-13(9-11-5-2-1-3-6-11)16-15-10-12-7-4-8-14-12/h1-8,10,14H,9H2,(H,16,17)/b15-10-. The number of carbonyl (C=O) groups excluding carboxylic acids is 1. The Hall–Kier alpha value is -2.36. The topological polar surface area (TPSA) is 57.2 Å². The maximum absolute atomic E-state index is 11.5. The lowest BCUT2D eigenvalue weighted by atomic mass is 10.1. The minimum Gasteiger partial charge on any atom is -0.360 e. The van der Waals surface area contributed by atoms with Gasteiger partial charge in [0.05, 0.1) is 18.3 Å². The second-order valence-corrected chi connectivity index (χ2v) is 3.58. The maximum Gasteiger partial charge on any atom is 0.244 e. The molecular weight excluding hydrogens is 214 g/mol. The van der Waals surface area contributed by atoms with Gasteiger partial charge in [-0.25, -0.2) is 5.43 Å². The van der Waals surface area contributed by atoms with Gasteiger partial charge in [-0.1, -0.05) is 30.3 Å². The molecule has 0 unspecified atom stereocenters. The summed E-state index contributed by atoms with van der Waals surface area (Å²) in [6, 6.07) is 13.3. The number of rotatable bonds is 4. The van der Waals surface area contributed by atoms with Crippen LogP contribution in [0.2, 0.25) is 0 Å². The normalized spacial score (nSPS) is 10.6. The van der Waals surface area contributed by atoms with E-state index in [0.717, 1.165) is 11.3 Å². The molecule has 1 heterocycles. The highest BCUT2D eigenvalue weighted by Crippen LogP contribution is 1.98. The maximum atomic E-state index is 11.5. The van der Waals surface area contributed by atoms with Crippen LogP contribution >= 0.6 is 0 Å². The summed E-state index contributed by atoms with van der Waals surface area (Å²) in [6.45, 7) is 0. The Bertz CT molecular complexity index is 489. The van der Waals surface area contributed by atoms with Gasteiger partial charge in [-0.3, -0.25) is 4.79 Å². The molecule has 1 aromatic heterocycles. The van der Waals surface area contributed by atoms with Crippen LogP contribution in [0.1, 0.15) is 11.3 Å². The van der Waals surface area contributed by atoms with Crippen LogP contribution < -0.4 is 5.43 Å². The van der Waals surface area contributed by atoms with Gasteiger partial charge in [0.15, 0.2) is 0 Å². The SMILES string of the molecule is O=C(Cc1ccccc1)N/N=C\c1ccc[nH]1. The summed E-state index contributed by atoms with van der Waals surface area (Å²) < 4.78 is 0. The number of H-pyrrole nitrogens is 1. The van der Waals surface area contributed by atoms with Crippen LogP contribution in [0.3, 0.4) is 0 Å². The third-order valence-corrected chi connectivity index (χ3v) is 2.22. The quantitative estimate of drug-likeness (QED) is 0.606. The summed E-state index contributed by atoms with van der Waals surface area (Å²) in [4.78, 5) is 14.5. The summed E-state index contributed by atoms with van der Waals surface area (Å²) in [5.74, 6) is -0.126. The highest BCUT2D eigenvalue weighted by Gasteiger charge is 2.00. The lowest BCUT2D eigenvalue weighted by Gasteiger charge is -1.99. The fourth-order valence-electron chi connectivity index (χ4n) is 1.42. The molecule has 0 radical (unpaired) electrons. The van der Waals surface area contributed by atoms with Crippen LogP contribution in [0.25, 0.3) is 0 Å². The first-order valence-corrected chi connectivity index (χ1v) is 5.34. The van der Waals surface area contributed by atoms with Crippen molar-refractivity contribution in [1.29, 1.82) is 0 Å². The van der Waals surface area contributed by atoms with Crippen LogP contribution in [-0.4, -0.2) is 17.1 Å². The summed E-state index contributed by atoms with van der Waals surface area (Å²) >= 11 is 0. The largest absolute Gasteiger partial charge is 0.360 e. The number of hydrogen-bond donors (Lipinski definition) is 2. The van der Waals surface area contributed by atoms with Crippen molar-refractivity contribution in [2.45, 2.75) is 6.42 Å². The molecule has 0 saturated heterocycles. The zero-order chi connectivity index (χ0) is 11.9.